The number of unbranched alkanes of at least 4 members (excludes halogenated alkanes) is 1. The average molecular weight is 266 g/mol. The van der Waals surface area contributed by atoms with Gasteiger partial charge in [0, 0.05) is 5.92 Å². The van der Waals surface area contributed by atoms with E-state index in [0.29, 0.717) is 11.6 Å². The Morgan fingerprint density at radius 3 is 2.58 bits per heavy atom. The lowest BCUT2D eigenvalue weighted by atomic mass is 9.93. The van der Waals surface area contributed by atoms with Crippen LogP contribution in [-0.2, 0) is 0 Å². The van der Waals surface area contributed by atoms with Crippen LogP contribution in [0, 0.1) is 5.92 Å². The average Bonchev–Trinajstić information content (AvgIpc) is 2.46. The molecule has 0 N–H and O–H groups in total. The third kappa shape index (κ3) is 3.91. The molecule has 106 valence electrons. The predicted molar refractivity (Wildman–Crippen MR) is 72.8 cm³/mol. The van der Waals surface area contributed by atoms with Gasteiger partial charge in [0.25, 0.3) is 0 Å². The summed E-state index contributed by atoms with van der Waals surface area (Å²) in [6, 6.07) is 0. The molecule has 0 aliphatic heterocycles. The number of methoxy groups -OCH3 is 2. The maximum absolute atomic E-state index is 12.4. The highest BCUT2D eigenvalue weighted by Gasteiger charge is 2.24. The first-order valence-corrected chi connectivity index (χ1v) is 6.67. The van der Waals surface area contributed by atoms with Crippen LogP contribution in [-0.4, -0.2) is 30.0 Å². The zero-order valence-corrected chi connectivity index (χ0v) is 12.1. The van der Waals surface area contributed by atoms with Crippen LogP contribution in [0.2, 0.25) is 0 Å². The highest BCUT2D eigenvalue weighted by molar-refractivity contribution is 5.98. The predicted octanol–water partition coefficient (Wildman–Crippen LogP) is 2.89. The largest absolute Gasteiger partial charge is 0.480 e. The SMILES string of the molecule is CCCCC(CC)C(=O)c1ncc(OC)nc1OC. The summed E-state index contributed by atoms with van der Waals surface area (Å²) in [6.07, 6.45) is 5.24. The number of carbonyl (C=O) groups is 1. The molecule has 0 radical (unpaired) electrons. The number of hydrogen-bond donors (Lipinski definition) is 0. The Hall–Kier alpha value is -1.65. The summed E-state index contributed by atoms with van der Waals surface area (Å²) < 4.78 is 10.1. The fourth-order valence-corrected chi connectivity index (χ4v) is 1.93. The van der Waals surface area contributed by atoms with E-state index in [0.717, 1.165) is 25.7 Å². The molecule has 0 saturated carbocycles. The van der Waals surface area contributed by atoms with Gasteiger partial charge in [0.05, 0.1) is 20.4 Å². The summed E-state index contributed by atoms with van der Waals surface area (Å²) in [6.45, 7) is 4.13. The summed E-state index contributed by atoms with van der Waals surface area (Å²) in [7, 11) is 2.98. The van der Waals surface area contributed by atoms with E-state index in [4.69, 9.17) is 9.47 Å². The van der Waals surface area contributed by atoms with Crippen molar-refractivity contribution in [2.45, 2.75) is 39.5 Å². The number of rotatable bonds is 8. The molecule has 5 nitrogen and oxygen atoms in total. The fourth-order valence-electron chi connectivity index (χ4n) is 1.93. The van der Waals surface area contributed by atoms with Crippen LogP contribution >= 0.6 is 0 Å². The molecule has 0 spiro atoms. The molecule has 0 aromatic carbocycles. The first-order chi connectivity index (χ1) is 9.17. The maximum Gasteiger partial charge on any atom is 0.246 e. The number of ether oxygens (including phenoxy) is 2. The highest BCUT2D eigenvalue weighted by Crippen LogP contribution is 2.24. The number of aromatic nitrogens is 2. The number of hydrogen-bond acceptors (Lipinski definition) is 5. The van der Waals surface area contributed by atoms with Crippen molar-refractivity contribution in [1.29, 1.82) is 0 Å². The minimum Gasteiger partial charge on any atom is -0.480 e. The van der Waals surface area contributed by atoms with Crippen molar-refractivity contribution in [3.05, 3.63) is 11.9 Å². The molecule has 0 bridgehead atoms. The van der Waals surface area contributed by atoms with Gasteiger partial charge in [0.2, 0.25) is 11.8 Å². The molecule has 0 saturated heterocycles. The number of carbonyl (C=O) groups excluding carboxylic acids is 1. The van der Waals surface area contributed by atoms with E-state index < -0.39 is 0 Å². The molecule has 1 unspecified atom stereocenters. The quantitative estimate of drug-likeness (QED) is 0.677. The van der Waals surface area contributed by atoms with Crippen molar-refractivity contribution >= 4 is 5.78 Å². The Bertz CT molecular complexity index is 421. The maximum atomic E-state index is 12.4. The lowest BCUT2D eigenvalue weighted by molar-refractivity contribution is 0.0898. The van der Waals surface area contributed by atoms with Crippen molar-refractivity contribution in [3.8, 4) is 11.8 Å². The van der Waals surface area contributed by atoms with Gasteiger partial charge in [-0.3, -0.25) is 4.79 Å². The lowest BCUT2D eigenvalue weighted by Crippen LogP contribution is -2.17. The standard InChI is InChI=1S/C14H22N2O3/c1-5-7-8-10(6-2)13(17)12-14(19-4)16-11(18-3)9-15-12/h9-10H,5-8H2,1-4H3. The summed E-state index contributed by atoms with van der Waals surface area (Å²) in [4.78, 5) is 20.7. The molecule has 1 aromatic rings. The summed E-state index contributed by atoms with van der Waals surface area (Å²) in [5.74, 6) is 0.564. The van der Waals surface area contributed by atoms with Crippen LogP contribution in [0.15, 0.2) is 6.20 Å². The van der Waals surface area contributed by atoms with Crippen LogP contribution in [0.3, 0.4) is 0 Å². The Labute approximate surface area is 114 Å². The first-order valence-electron chi connectivity index (χ1n) is 6.67. The third-order valence-electron chi connectivity index (χ3n) is 3.12. The molecule has 0 aliphatic carbocycles. The van der Waals surface area contributed by atoms with Crippen molar-refractivity contribution in [2.75, 3.05) is 14.2 Å². The minimum atomic E-state index is -0.0171. The first kappa shape index (κ1) is 15.4. The van der Waals surface area contributed by atoms with Crippen molar-refractivity contribution in [2.24, 2.45) is 5.92 Å². The van der Waals surface area contributed by atoms with E-state index in [9.17, 15) is 4.79 Å². The highest BCUT2D eigenvalue weighted by atomic mass is 16.5. The molecule has 1 heterocycles. The zero-order valence-electron chi connectivity index (χ0n) is 12.1. The topological polar surface area (TPSA) is 61.3 Å². The van der Waals surface area contributed by atoms with E-state index in [1.165, 1.54) is 20.4 Å². The molecule has 1 rings (SSSR count). The van der Waals surface area contributed by atoms with Crippen LogP contribution in [0.25, 0.3) is 0 Å². The Morgan fingerprint density at radius 1 is 1.32 bits per heavy atom. The van der Waals surface area contributed by atoms with Gasteiger partial charge in [-0.05, 0) is 12.8 Å². The summed E-state index contributed by atoms with van der Waals surface area (Å²) in [5, 5.41) is 0. The van der Waals surface area contributed by atoms with E-state index >= 15 is 0 Å². The fraction of sp³-hybridized carbons (Fsp3) is 0.643. The van der Waals surface area contributed by atoms with E-state index in [1.54, 1.807) is 0 Å². The molecular formula is C14H22N2O3. The van der Waals surface area contributed by atoms with Crippen LogP contribution < -0.4 is 9.47 Å². The zero-order chi connectivity index (χ0) is 14.3. The molecule has 1 aromatic heterocycles. The molecule has 1 atom stereocenters. The Kier molecular flexibility index (Phi) is 6.25. The van der Waals surface area contributed by atoms with Crippen molar-refractivity contribution in [3.63, 3.8) is 0 Å². The molecule has 0 fully saturated rings. The summed E-state index contributed by atoms with van der Waals surface area (Å²) >= 11 is 0. The van der Waals surface area contributed by atoms with Gasteiger partial charge >= 0.3 is 0 Å². The smallest absolute Gasteiger partial charge is 0.246 e. The molecule has 19 heavy (non-hydrogen) atoms. The van der Waals surface area contributed by atoms with Gasteiger partial charge in [-0.15, -0.1) is 0 Å². The molecular weight excluding hydrogens is 244 g/mol. The summed E-state index contributed by atoms with van der Waals surface area (Å²) in [5.41, 5.74) is 0.297. The van der Waals surface area contributed by atoms with Gasteiger partial charge in [-0.25, -0.2) is 4.98 Å². The normalized spacial score (nSPS) is 12.0. The van der Waals surface area contributed by atoms with E-state index in [1.807, 2.05) is 6.92 Å². The van der Waals surface area contributed by atoms with Gasteiger partial charge in [-0.1, -0.05) is 26.7 Å². The van der Waals surface area contributed by atoms with Crippen LogP contribution in [0.5, 0.6) is 11.8 Å². The second kappa shape index (κ2) is 7.71. The Balaban J connectivity index is 2.96. The number of nitrogens with zero attached hydrogens (tertiary/aromatic N) is 2. The Morgan fingerprint density at radius 2 is 2.05 bits per heavy atom. The van der Waals surface area contributed by atoms with Crippen LogP contribution in [0.4, 0.5) is 0 Å². The number of ketones is 1. The van der Waals surface area contributed by atoms with Gasteiger partial charge in [0.15, 0.2) is 11.5 Å². The van der Waals surface area contributed by atoms with E-state index in [2.05, 4.69) is 16.9 Å². The lowest BCUT2D eigenvalue weighted by Gasteiger charge is -2.14. The van der Waals surface area contributed by atoms with Gasteiger partial charge in [-0.2, -0.15) is 4.98 Å². The van der Waals surface area contributed by atoms with Gasteiger partial charge < -0.3 is 9.47 Å². The van der Waals surface area contributed by atoms with Gasteiger partial charge in [0.1, 0.15) is 0 Å². The minimum absolute atomic E-state index is 0.00273. The van der Waals surface area contributed by atoms with Crippen LogP contribution in [0.1, 0.15) is 50.0 Å². The molecule has 0 aliphatic rings. The monoisotopic (exact) mass is 266 g/mol. The molecule has 0 amide bonds. The second-order valence-corrected chi connectivity index (χ2v) is 4.38. The van der Waals surface area contributed by atoms with Crippen molar-refractivity contribution < 1.29 is 14.3 Å². The third-order valence-corrected chi connectivity index (χ3v) is 3.12. The van der Waals surface area contributed by atoms with Crippen molar-refractivity contribution in [1.82, 2.24) is 9.97 Å². The number of Topliss-reactive ketones (excluding diaryl/α,β-unsaturated/α-hetero) is 1. The molecule has 5 heteroatoms. The second-order valence-electron chi connectivity index (χ2n) is 4.38. The van der Waals surface area contributed by atoms with E-state index in [-0.39, 0.29) is 17.6 Å².